The van der Waals surface area contributed by atoms with Crippen molar-refractivity contribution in [1.29, 1.82) is 0 Å². The fraction of sp³-hybridized carbons (Fsp3) is 0.277. The molecule has 0 bridgehead atoms. The van der Waals surface area contributed by atoms with Gasteiger partial charge in [-0.1, -0.05) is 0 Å². The van der Waals surface area contributed by atoms with Gasteiger partial charge in [0.15, 0.2) is 40.9 Å². The molecule has 0 spiro atoms. The van der Waals surface area contributed by atoms with Gasteiger partial charge >= 0.3 is 0 Å². The van der Waals surface area contributed by atoms with Crippen LogP contribution in [-0.2, 0) is 22.6 Å². The summed E-state index contributed by atoms with van der Waals surface area (Å²) in [6, 6.07) is 12.2. The maximum atomic E-state index is 15.1. The number of aromatic nitrogens is 14. The van der Waals surface area contributed by atoms with E-state index in [9.17, 15) is 14.0 Å². The molecule has 68 heavy (non-hydrogen) atoms. The van der Waals surface area contributed by atoms with E-state index in [2.05, 4.69) is 40.6 Å². The third-order valence-corrected chi connectivity index (χ3v) is 12.0. The van der Waals surface area contributed by atoms with Gasteiger partial charge in [0.05, 0.1) is 72.6 Å². The van der Waals surface area contributed by atoms with Crippen LogP contribution in [0.25, 0.3) is 55.4 Å². The van der Waals surface area contributed by atoms with Crippen LogP contribution in [0.4, 0.5) is 8.78 Å². The first-order valence-electron chi connectivity index (χ1n) is 22.0. The maximum Gasteiger partial charge on any atom is 0.260 e. The first-order valence-corrected chi connectivity index (χ1v) is 22.0. The number of halogens is 2. The minimum absolute atomic E-state index is 0.0440. The predicted molar refractivity (Wildman–Crippen MR) is 245 cm³/mol. The normalized spacial score (nSPS) is 15.0. The van der Waals surface area contributed by atoms with E-state index < -0.39 is 23.7 Å². The van der Waals surface area contributed by atoms with Crippen molar-refractivity contribution >= 4 is 33.1 Å². The molecule has 1 N–H and O–H groups in total. The zero-order chi connectivity index (χ0) is 46.9. The first-order chi connectivity index (χ1) is 33.1. The monoisotopic (exact) mass is 922 g/mol. The van der Waals surface area contributed by atoms with Gasteiger partial charge in [-0.3, -0.25) is 37.7 Å². The van der Waals surface area contributed by atoms with Crippen molar-refractivity contribution in [3.05, 3.63) is 154 Å². The number of aliphatic hydroxyl groups excluding tert-OH is 1. The second kappa shape index (κ2) is 18.8. The molecule has 10 aromatic heterocycles. The average Bonchev–Trinajstić information content (AvgIpc) is 4.20. The van der Waals surface area contributed by atoms with Crippen LogP contribution in [0.2, 0.25) is 0 Å². The van der Waals surface area contributed by atoms with E-state index in [1.165, 1.54) is 16.7 Å². The topological polar surface area (TPSA) is 204 Å². The average molecular weight is 923 g/mol. The summed E-state index contributed by atoms with van der Waals surface area (Å²) < 4.78 is 50.8. The van der Waals surface area contributed by atoms with Crippen LogP contribution < -0.4 is 11.1 Å². The Labute approximate surface area is 384 Å². The molecule has 1 saturated heterocycles. The summed E-state index contributed by atoms with van der Waals surface area (Å²) in [5.74, 6) is -0.185. The molecule has 0 radical (unpaired) electrons. The Kier molecular flexibility index (Phi) is 12.1. The third-order valence-electron chi connectivity index (χ3n) is 12.0. The van der Waals surface area contributed by atoms with Crippen molar-refractivity contribution in [3.63, 3.8) is 0 Å². The van der Waals surface area contributed by atoms with Crippen LogP contribution in [0, 0.1) is 11.6 Å². The molecule has 1 fully saturated rings. The van der Waals surface area contributed by atoms with Crippen LogP contribution in [0.3, 0.4) is 0 Å². The Balaban J connectivity index is 0.000000161. The smallest absolute Gasteiger partial charge is 0.260 e. The van der Waals surface area contributed by atoms with Crippen molar-refractivity contribution in [2.75, 3.05) is 19.8 Å². The Hall–Kier alpha value is -7.88. The number of hydrogen-bond acceptors (Lipinski definition) is 13. The summed E-state index contributed by atoms with van der Waals surface area (Å²) >= 11 is 0. The van der Waals surface area contributed by atoms with E-state index in [-0.39, 0.29) is 35.3 Å². The van der Waals surface area contributed by atoms with Gasteiger partial charge in [0.25, 0.3) is 11.1 Å². The third kappa shape index (κ3) is 8.53. The van der Waals surface area contributed by atoms with Gasteiger partial charge in [0.1, 0.15) is 0 Å². The molecule has 11 heterocycles. The molecule has 2 unspecified atom stereocenters. The Bertz CT molecular complexity index is 3550. The van der Waals surface area contributed by atoms with Gasteiger partial charge in [-0.25, -0.2) is 8.78 Å². The lowest BCUT2D eigenvalue weighted by atomic mass is 10.1. The van der Waals surface area contributed by atoms with E-state index in [0.717, 1.165) is 31.4 Å². The summed E-state index contributed by atoms with van der Waals surface area (Å²) in [5.41, 5.74) is 3.61. The van der Waals surface area contributed by atoms with E-state index in [4.69, 9.17) is 14.6 Å². The van der Waals surface area contributed by atoms with Gasteiger partial charge in [-0.2, -0.15) is 10.2 Å². The fourth-order valence-electron chi connectivity index (χ4n) is 8.36. The summed E-state index contributed by atoms with van der Waals surface area (Å²) in [7, 11) is 0. The number of ether oxygens (including phenoxy) is 2. The molecule has 10 aromatic rings. The predicted octanol–water partition coefficient (Wildman–Crippen LogP) is 5.64. The number of fused-ring (bicyclic) bond motifs is 4. The highest BCUT2D eigenvalue weighted by Gasteiger charge is 2.23. The van der Waals surface area contributed by atoms with Crippen LogP contribution in [0.15, 0.2) is 120 Å². The number of pyridine rings is 6. The quantitative estimate of drug-likeness (QED) is 0.158. The minimum Gasteiger partial charge on any atom is -0.394 e. The highest BCUT2D eigenvalue weighted by atomic mass is 19.1. The van der Waals surface area contributed by atoms with Gasteiger partial charge in [0.2, 0.25) is 0 Å². The van der Waals surface area contributed by atoms with Gasteiger partial charge in [-0.05, 0) is 81.6 Å². The Morgan fingerprint density at radius 3 is 1.74 bits per heavy atom. The van der Waals surface area contributed by atoms with Crippen molar-refractivity contribution in [2.45, 2.75) is 64.6 Å². The molecule has 346 valence electrons. The second-order valence-electron chi connectivity index (χ2n) is 16.3. The lowest BCUT2D eigenvalue weighted by Gasteiger charge is -2.22. The van der Waals surface area contributed by atoms with Crippen molar-refractivity contribution in [1.82, 2.24) is 67.9 Å². The zero-order valence-electron chi connectivity index (χ0n) is 36.9. The second-order valence-corrected chi connectivity index (χ2v) is 16.3. The molecule has 0 amide bonds. The van der Waals surface area contributed by atoms with Crippen LogP contribution in [0.5, 0.6) is 0 Å². The summed E-state index contributed by atoms with van der Waals surface area (Å²) in [6.07, 6.45) is 19.9. The number of nitrogens with zero attached hydrogens (tertiary/aromatic N) is 14. The van der Waals surface area contributed by atoms with Crippen LogP contribution >= 0.6 is 0 Å². The summed E-state index contributed by atoms with van der Waals surface area (Å²) in [4.78, 5) is 34.5. The molecule has 0 aromatic carbocycles. The lowest BCUT2D eigenvalue weighted by molar-refractivity contribution is -0.163. The van der Waals surface area contributed by atoms with E-state index >= 15 is 4.39 Å². The van der Waals surface area contributed by atoms with Gasteiger partial charge in [-0.15, -0.1) is 20.4 Å². The van der Waals surface area contributed by atoms with E-state index in [0.29, 0.717) is 69.8 Å². The SMILES string of the molecule is CC(c1nnc2c(F)cc(-c3cnn(CCOC4CCCCO4)c3)cn12)n1ccc2ncccc2c1=O.C[C@H](c1nnc2c(F)cc(-c3cnn(CCO)c3)cn12)n1ccc2ncccc2c1=O. The standard InChI is InChI=1S/C26H26FN7O3.C21H18FN7O2/c1-17(33-9-7-22-20(26(33)35)5-4-8-28-22)24-30-31-25-21(27)13-18(16-34(24)25)19-14-29-32(15-19)10-12-37-23-6-2-3-11-36-23;1-13(28-6-4-18-16(21(28)31)3-2-5-23-18)19-25-26-20-17(22)9-14(12-29(19)20)15-10-24-27(11-15)7-8-30/h4-5,7-9,13-17,23H,2-3,6,10-12H2,1H3;2-6,9-13,30H,7-8H2,1H3/t;13-/m.1/s1. The Morgan fingerprint density at radius 2 is 1.24 bits per heavy atom. The van der Waals surface area contributed by atoms with E-state index in [1.54, 1.807) is 115 Å². The van der Waals surface area contributed by atoms with Gasteiger partial charge in [0, 0.05) is 78.4 Å². The number of rotatable bonds is 12. The van der Waals surface area contributed by atoms with Crippen molar-refractivity contribution in [3.8, 4) is 22.3 Å². The van der Waals surface area contributed by atoms with Gasteiger partial charge < -0.3 is 23.7 Å². The molecule has 1 aliphatic heterocycles. The zero-order valence-corrected chi connectivity index (χ0v) is 36.9. The molecule has 0 saturated carbocycles. The fourth-order valence-corrected chi connectivity index (χ4v) is 8.36. The van der Waals surface area contributed by atoms with E-state index in [1.807, 2.05) is 20.0 Å². The molecule has 11 rings (SSSR count). The van der Waals surface area contributed by atoms with Crippen LogP contribution in [-0.4, -0.2) is 99.1 Å². The molecular weight excluding hydrogens is 879 g/mol. The summed E-state index contributed by atoms with van der Waals surface area (Å²) in [6.45, 7) is 5.71. The summed E-state index contributed by atoms with van der Waals surface area (Å²) in [5, 5.41) is 35.1. The highest BCUT2D eigenvalue weighted by Crippen LogP contribution is 2.27. The molecule has 1 aliphatic rings. The van der Waals surface area contributed by atoms with Crippen molar-refractivity contribution in [2.24, 2.45) is 0 Å². The largest absolute Gasteiger partial charge is 0.394 e. The molecule has 21 heteroatoms. The van der Waals surface area contributed by atoms with Crippen molar-refractivity contribution < 1.29 is 23.4 Å². The number of aliphatic hydroxyl groups is 1. The molecule has 0 aliphatic carbocycles. The lowest BCUT2D eigenvalue weighted by Crippen LogP contribution is -2.25. The van der Waals surface area contributed by atoms with Crippen LogP contribution in [0.1, 0.15) is 56.8 Å². The Morgan fingerprint density at radius 1 is 0.706 bits per heavy atom. The molecular formula is C47H44F2N14O5. The number of hydrogen-bond donors (Lipinski definition) is 1. The molecule has 3 atom stereocenters. The first kappa shape index (κ1) is 44.0. The highest BCUT2D eigenvalue weighted by molar-refractivity contribution is 5.77. The maximum absolute atomic E-state index is 15.1. The molecule has 19 nitrogen and oxygen atoms in total. The minimum atomic E-state index is -0.534.